The highest BCUT2D eigenvalue weighted by atomic mass is 79.9. The van der Waals surface area contributed by atoms with Crippen LogP contribution in [-0.4, -0.2) is 18.4 Å². The first-order valence-corrected chi connectivity index (χ1v) is 7.85. The SMILES string of the molecule is CCCNC(=O)c1ccc(NC(=O)c2ccccc2Br)cc1. The van der Waals surface area contributed by atoms with E-state index in [2.05, 4.69) is 26.6 Å². The second-order valence-corrected chi connectivity index (χ2v) is 5.62. The second kappa shape index (κ2) is 7.75. The Kier molecular flexibility index (Phi) is 5.72. The molecule has 0 aliphatic rings. The minimum absolute atomic E-state index is 0.106. The van der Waals surface area contributed by atoms with Gasteiger partial charge < -0.3 is 10.6 Å². The van der Waals surface area contributed by atoms with Crippen LogP contribution >= 0.6 is 15.9 Å². The average molecular weight is 361 g/mol. The number of amides is 2. The van der Waals surface area contributed by atoms with Gasteiger partial charge in [0.05, 0.1) is 5.56 Å². The Labute approximate surface area is 138 Å². The van der Waals surface area contributed by atoms with E-state index in [-0.39, 0.29) is 11.8 Å². The summed E-state index contributed by atoms with van der Waals surface area (Å²) in [6.45, 7) is 2.65. The molecule has 0 aliphatic carbocycles. The predicted molar refractivity (Wildman–Crippen MR) is 91.2 cm³/mol. The molecule has 2 rings (SSSR count). The molecular formula is C17H17BrN2O2. The Morgan fingerprint density at radius 1 is 1.00 bits per heavy atom. The number of hydrogen-bond donors (Lipinski definition) is 2. The number of hydrogen-bond acceptors (Lipinski definition) is 2. The lowest BCUT2D eigenvalue weighted by atomic mass is 10.1. The highest BCUT2D eigenvalue weighted by Crippen LogP contribution is 2.18. The number of anilines is 1. The van der Waals surface area contributed by atoms with E-state index in [9.17, 15) is 9.59 Å². The Morgan fingerprint density at radius 3 is 2.32 bits per heavy atom. The van der Waals surface area contributed by atoms with E-state index in [1.165, 1.54) is 0 Å². The van der Waals surface area contributed by atoms with E-state index >= 15 is 0 Å². The van der Waals surface area contributed by atoms with Crippen molar-refractivity contribution in [1.82, 2.24) is 5.32 Å². The van der Waals surface area contributed by atoms with Crippen LogP contribution in [0.25, 0.3) is 0 Å². The van der Waals surface area contributed by atoms with Crippen molar-refractivity contribution in [3.8, 4) is 0 Å². The molecule has 0 spiro atoms. The molecule has 0 radical (unpaired) electrons. The molecule has 0 atom stereocenters. The van der Waals surface area contributed by atoms with Crippen molar-refractivity contribution < 1.29 is 9.59 Å². The third-order valence-corrected chi connectivity index (χ3v) is 3.75. The van der Waals surface area contributed by atoms with Gasteiger partial charge in [-0.15, -0.1) is 0 Å². The molecule has 22 heavy (non-hydrogen) atoms. The maximum atomic E-state index is 12.2. The fourth-order valence-electron chi connectivity index (χ4n) is 1.89. The third-order valence-electron chi connectivity index (χ3n) is 3.06. The van der Waals surface area contributed by atoms with Gasteiger partial charge in [-0.05, 0) is 58.7 Å². The monoisotopic (exact) mass is 360 g/mol. The van der Waals surface area contributed by atoms with Crippen molar-refractivity contribution in [1.29, 1.82) is 0 Å². The number of carbonyl (C=O) groups is 2. The summed E-state index contributed by atoms with van der Waals surface area (Å²) in [4.78, 5) is 24.0. The van der Waals surface area contributed by atoms with Crippen LogP contribution in [0.4, 0.5) is 5.69 Å². The Morgan fingerprint density at radius 2 is 1.68 bits per heavy atom. The minimum Gasteiger partial charge on any atom is -0.352 e. The molecule has 0 aliphatic heterocycles. The van der Waals surface area contributed by atoms with Crippen LogP contribution in [0, 0.1) is 0 Å². The van der Waals surface area contributed by atoms with E-state index in [1.54, 1.807) is 36.4 Å². The molecule has 0 fully saturated rings. The predicted octanol–water partition coefficient (Wildman–Crippen LogP) is 3.84. The third kappa shape index (κ3) is 4.18. The summed E-state index contributed by atoms with van der Waals surface area (Å²) in [6.07, 6.45) is 0.895. The molecule has 2 amide bonds. The van der Waals surface area contributed by atoms with E-state index in [1.807, 2.05) is 19.1 Å². The van der Waals surface area contributed by atoms with Gasteiger partial charge in [0.2, 0.25) is 0 Å². The van der Waals surface area contributed by atoms with Gasteiger partial charge in [-0.25, -0.2) is 0 Å². The van der Waals surface area contributed by atoms with Crippen molar-refractivity contribution in [3.63, 3.8) is 0 Å². The summed E-state index contributed by atoms with van der Waals surface area (Å²) in [5.41, 5.74) is 1.78. The first kappa shape index (κ1) is 16.2. The molecule has 114 valence electrons. The molecule has 0 saturated carbocycles. The standard InChI is InChI=1S/C17H17BrN2O2/c1-2-11-19-16(21)12-7-9-13(10-8-12)20-17(22)14-5-3-4-6-15(14)18/h3-10H,2,11H2,1H3,(H,19,21)(H,20,22). The van der Waals surface area contributed by atoms with Crippen molar-refractivity contribution >= 4 is 33.4 Å². The molecule has 2 aromatic carbocycles. The molecule has 0 unspecified atom stereocenters. The van der Waals surface area contributed by atoms with Crippen LogP contribution in [0.3, 0.4) is 0 Å². The fourth-order valence-corrected chi connectivity index (χ4v) is 2.35. The van der Waals surface area contributed by atoms with Crippen molar-refractivity contribution in [3.05, 3.63) is 64.1 Å². The Balaban J connectivity index is 2.04. The van der Waals surface area contributed by atoms with Gasteiger partial charge in [0.25, 0.3) is 11.8 Å². The summed E-state index contributed by atoms with van der Waals surface area (Å²) in [7, 11) is 0. The maximum Gasteiger partial charge on any atom is 0.256 e. The average Bonchev–Trinajstić information content (AvgIpc) is 2.53. The summed E-state index contributed by atoms with van der Waals surface area (Å²) < 4.78 is 0.739. The number of nitrogens with one attached hydrogen (secondary N) is 2. The smallest absolute Gasteiger partial charge is 0.256 e. The molecule has 4 nitrogen and oxygen atoms in total. The highest BCUT2D eigenvalue weighted by Gasteiger charge is 2.10. The molecule has 0 aromatic heterocycles. The zero-order valence-electron chi connectivity index (χ0n) is 12.2. The normalized spacial score (nSPS) is 10.1. The lowest BCUT2D eigenvalue weighted by Crippen LogP contribution is -2.23. The zero-order chi connectivity index (χ0) is 15.9. The highest BCUT2D eigenvalue weighted by molar-refractivity contribution is 9.10. The number of benzene rings is 2. The van der Waals surface area contributed by atoms with E-state index in [4.69, 9.17) is 0 Å². The van der Waals surface area contributed by atoms with Gasteiger partial charge >= 0.3 is 0 Å². The quantitative estimate of drug-likeness (QED) is 0.850. The number of carbonyl (C=O) groups excluding carboxylic acids is 2. The lowest BCUT2D eigenvalue weighted by Gasteiger charge is -2.08. The van der Waals surface area contributed by atoms with Gasteiger partial charge in [0.1, 0.15) is 0 Å². The van der Waals surface area contributed by atoms with Gasteiger partial charge in [-0.3, -0.25) is 9.59 Å². The molecule has 2 aromatic rings. The molecule has 0 bridgehead atoms. The topological polar surface area (TPSA) is 58.2 Å². The van der Waals surface area contributed by atoms with Crippen molar-refractivity contribution in [2.45, 2.75) is 13.3 Å². The van der Waals surface area contributed by atoms with Crippen LogP contribution in [-0.2, 0) is 0 Å². The van der Waals surface area contributed by atoms with Crippen LogP contribution in [0.1, 0.15) is 34.1 Å². The molecule has 2 N–H and O–H groups in total. The van der Waals surface area contributed by atoms with Crippen LogP contribution in [0.2, 0.25) is 0 Å². The molecule has 0 saturated heterocycles. The summed E-state index contributed by atoms with van der Waals surface area (Å²) in [5.74, 6) is -0.304. The van der Waals surface area contributed by atoms with Crippen molar-refractivity contribution in [2.75, 3.05) is 11.9 Å². The number of halogens is 1. The fraction of sp³-hybridized carbons (Fsp3) is 0.176. The molecule has 5 heteroatoms. The van der Waals surface area contributed by atoms with E-state index in [0.29, 0.717) is 23.4 Å². The second-order valence-electron chi connectivity index (χ2n) is 4.77. The summed E-state index contributed by atoms with van der Waals surface area (Å²) in [6, 6.07) is 14.0. The van der Waals surface area contributed by atoms with Crippen LogP contribution in [0.15, 0.2) is 53.0 Å². The first-order chi connectivity index (χ1) is 10.6. The van der Waals surface area contributed by atoms with Gasteiger partial charge in [0.15, 0.2) is 0 Å². The number of rotatable bonds is 5. The molecular weight excluding hydrogens is 344 g/mol. The minimum atomic E-state index is -0.198. The lowest BCUT2D eigenvalue weighted by molar-refractivity contribution is 0.0953. The summed E-state index contributed by atoms with van der Waals surface area (Å²) >= 11 is 3.35. The van der Waals surface area contributed by atoms with Gasteiger partial charge in [-0.1, -0.05) is 19.1 Å². The van der Waals surface area contributed by atoms with Gasteiger partial charge in [0, 0.05) is 22.3 Å². The van der Waals surface area contributed by atoms with E-state index in [0.717, 1.165) is 10.9 Å². The maximum absolute atomic E-state index is 12.2. The Bertz CT molecular complexity index is 669. The zero-order valence-corrected chi connectivity index (χ0v) is 13.8. The summed E-state index contributed by atoms with van der Waals surface area (Å²) in [5, 5.41) is 5.62. The van der Waals surface area contributed by atoms with Crippen LogP contribution in [0.5, 0.6) is 0 Å². The van der Waals surface area contributed by atoms with Crippen molar-refractivity contribution in [2.24, 2.45) is 0 Å². The van der Waals surface area contributed by atoms with E-state index < -0.39 is 0 Å². The largest absolute Gasteiger partial charge is 0.352 e. The molecule has 0 heterocycles. The van der Waals surface area contributed by atoms with Gasteiger partial charge in [-0.2, -0.15) is 0 Å². The first-order valence-electron chi connectivity index (χ1n) is 7.06. The van der Waals surface area contributed by atoms with Crippen LogP contribution < -0.4 is 10.6 Å². The Hall–Kier alpha value is -2.14.